The molecule has 0 radical (unpaired) electrons. The molecule has 0 bridgehead atoms. The predicted molar refractivity (Wildman–Crippen MR) is 149 cm³/mol. The molecule has 0 spiro atoms. The SMILES string of the molecule is CCc1cc2c(nc(CN3CC=C(c4cccc(OCc5ccc(Cl)cc5F)n4)CC3)n2C[C@@H]2CCO2)s1. The minimum atomic E-state index is -0.379. The average molecular weight is 553 g/mol. The van der Waals surface area contributed by atoms with Gasteiger partial charge in [0.2, 0.25) is 5.88 Å². The highest BCUT2D eigenvalue weighted by atomic mass is 35.5. The molecule has 0 amide bonds. The van der Waals surface area contributed by atoms with Crippen molar-refractivity contribution in [2.24, 2.45) is 0 Å². The van der Waals surface area contributed by atoms with Crippen LogP contribution in [0.5, 0.6) is 5.88 Å². The molecule has 2 aliphatic rings. The highest BCUT2D eigenvalue weighted by Crippen LogP contribution is 2.30. The molecule has 1 atom stereocenters. The quantitative estimate of drug-likeness (QED) is 0.237. The number of aryl methyl sites for hydroxylation is 1. The number of halogens is 2. The van der Waals surface area contributed by atoms with Crippen molar-refractivity contribution in [3.05, 3.63) is 81.3 Å². The molecule has 6 rings (SSSR count). The molecule has 3 aromatic heterocycles. The Morgan fingerprint density at radius 3 is 2.84 bits per heavy atom. The standard InChI is InChI=1S/C29H30ClFN4O2S/c1-2-23-15-26-29(38-23)33-27(35(26)16-22-10-13-36-22)17-34-11-8-19(9-12-34)25-4-3-5-28(32-25)37-18-20-6-7-21(30)14-24(20)31/h3-8,14-15,22H,2,9-13,16-18H2,1H3/t22-/m0/s1. The molecule has 5 heterocycles. The molecule has 198 valence electrons. The third-order valence-corrected chi connectivity index (χ3v) is 8.60. The number of thiophene rings is 1. The van der Waals surface area contributed by atoms with Gasteiger partial charge in [0.15, 0.2) is 0 Å². The number of aromatic nitrogens is 3. The maximum absolute atomic E-state index is 14.1. The fourth-order valence-electron chi connectivity index (χ4n) is 4.89. The number of nitrogens with zero attached hydrogens (tertiary/aromatic N) is 4. The summed E-state index contributed by atoms with van der Waals surface area (Å²) in [6.07, 6.45) is 5.58. The Balaban J connectivity index is 1.12. The summed E-state index contributed by atoms with van der Waals surface area (Å²) in [4.78, 5) is 14.6. The van der Waals surface area contributed by atoms with E-state index < -0.39 is 0 Å². The number of fused-ring (bicyclic) bond motifs is 1. The lowest BCUT2D eigenvalue weighted by molar-refractivity contribution is -0.0591. The van der Waals surface area contributed by atoms with Gasteiger partial charge in [0.25, 0.3) is 0 Å². The molecule has 0 N–H and O–H groups in total. The first kappa shape index (κ1) is 25.5. The van der Waals surface area contributed by atoms with Crippen molar-refractivity contribution in [1.82, 2.24) is 19.4 Å². The van der Waals surface area contributed by atoms with Gasteiger partial charge in [-0.2, -0.15) is 0 Å². The van der Waals surface area contributed by atoms with Gasteiger partial charge in [0.1, 0.15) is 23.1 Å². The van der Waals surface area contributed by atoms with E-state index >= 15 is 0 Å². The molecule has 38 heavy (non-hydrogen) atoms. The van der Waals surface area contributed by atoms with Crippen molar-refractivity contribution in [1.29, 1.82) is 0 Å². The zero-order valence-corrected chi connectivity index (χ0v) is 22.9. The monoisotopic (exact) mass is 552 g/mol. The van der Waals surface area contributed by atoms with E-state index in [0.717, 1.165) is 68.4 Å². The maximum atomic E-state index is 14.1. The van der Waals surface area contributed by atoms with E-state index in [1.54, 1.807) is 29.5 Å². The minimum absolute atomic E-state index is 0.0992. The predicted octanol–water partition coefficient (Wildman–Crippen LogP) is 6.50. The lowest BCUT2D eigenvalue weighted by Crippen LogP contribution is -2.33. The Morgan fingerprint density at radius 1 is 1.21 bits per heavy atom. The van der Waals surface area contributed by atoms with Crippen LogP contribution in [0.2, 0.25) is 5.02 Å². The molecule has 9 heteroatoms. The summed E-state index contributed by atoms with van der Waals surface area (Å²) in [7, 11) is 0. The number of hydrogen-bond acceptors (Lipinski definition) is 6. The zero-order valence-electron chi connectivity index (χ0n) is 21.3. The number of imidazole rings is 1. The van der Waals surface area contributed by atoms with Crippen LogP contribution in [0.1, 0.15) is 41.7 Å². The Morgan fingerprint density at radius 2 is 2.11 bits per heavy atom. The number of pyridine rings is 1. The number of rotatable bonds is 9. The van der Waals surface area contributed by atoms with Gasteiger partial charge in [-0.1, -0.05) is 36.7 Å². The number of hydrogen-bond donors (Lipinski definition) is 0. The fourth-order valence-corrected chi connectivity index (χ4v) is 6.04. The normalized spacial score (nSPS) is 18.0. The summed E-state index contributed by atoms with van der Waals surface area (Å²) in [5, 5.41) is 0.367. The van der Waals surface area contributed by atoms with Gasteiger partial charge < -0.3 is 14.0 Å². The number of ether oxygens (including phenoxy) is 2. The summed E-state index contributed by atoms with van der Waals surface area (Å²) in [6.45, 7) is 6.59. The Hall–Kier alpha value is -2.78. The first-order chi connectivity index (χ1) is 18.6. The first-order valence-corrected chi connectivity index (χ1v) is 14.3. The summed E-state index contributed by atoms with van der Waals surface area (Å²) in [5.41, 5.74) is 3.78. The Bertz CT molecular complexity index is 1480. The Kier molecular flexibility index (Phi) is 7.48. The van der Waals surface area contributed by atoms with E-state index in [2.05, 4.69) is 33.5 Å². The lowest BCUT2D eigenvalue weighted by Gasteiger charge is -2.29. The third-order valence-electron chi connectivity index (χ3n) is 7.21. The van der Waals surface area contributed by atoms with Crippen molar-refractivity contribution in [3.8, 4) is 5.88 Å². The minimum Gasteiger partial charge on any atom is -0.473 e. The fraction of sp³-hybridized carbons (Fsp3) is 0.379. The van der Waals surface area contributed by atoms with E-state index in [1.807, 2.05) is 12.1 Å². The molecular weight excluding hydrogens is 523 g/mol. The molecule has 0 unspecified atom stereocenters. The lowest BCUT2D eigenvalue weighted by atomic mass is 10.0. The van der Waals surface area contributed by atoms with E-state index in [9.17, 15) is 4.39 Å². The highest BCUT2D eigenvalue weighted by molar-refractivity contribution is 7.18. The van der Waals surface area contributed by atoms with Crippen LogP contribution < -0.4 is 4.74 Å². The van der Waals surface area contributed by atoms with E-state index in [-0.39, 0.29) is 12.4 Å². The van der Waals surface area contributed by atoms with E-state index in [1.165, 1.54) is 22.0 Å². The van der Waals surface area contributed by atoms with Crippen LogP contribution in [0.25, 0.3) is 15.9 Å². The van der Waals surface area contributed by atoms with Crippen molar-refractivity contribution >= 4 is 38.9 Å². The van der Waals surface area contributed by atoms with E-state index in [0.29, 0.717) is 22.6 Å². The molecule has 1 fully saturated rings. The van der Waals surface area contributed by atoms with Gasteiger partial charge in [-0.25, -0.2) is 14.4 Å². The molecule has 0 aliphatic carbocycles. The van der Waals surface area contributed by atoms with Crippen LogP contribution in [-0.4, -0.2) is 45.2 Å². The molecule has 4 aromatic rings. The zero-order chi connectivity index (χ0) is 26.1. The molecular formula is C29H30ClFN4O2S. The summed E-state index contributed by atoms with van der Waals surface area (Å²) in [6, 6.07) is 12.6. The van der Waals surface area contributed by atoms with Gasteiger partial charge in [0.05, 0.1) is 30.4 Å². The van der Waals surface area contributed by atoms with Gasteiger partial charge in [0, 0.05) is 41.2 Å². The smallest absolute Gasteiger partial charge is 0.214 e. The molecule has 0 saturated carbocycles. The summed E-state index contributed by atoms with van der Waals surface area (Å²) >= 11 is 7.64. The second kappa shape index (κ2) is 11.1. The van der Waals surface area contributed by atoms with Gasteiger partial charge in [-0.05, 0) is 49.1 Å². The second-order valence-corrected chi connectivity index (χ2v) is 11.3. The van der Waals surface area contributed by atoms with Crippen LogP contribution in [0.15, 0.2) is 48.5 Å². The van der Waals surface area contributed by atoms with Crippen LogP contribution in [-0.2, 0) is 30.9 Å². The number of benzene rings is 1. The van der Waals surface area contributed by atoms with Crippen molar-refractivity contribution in [2.45, 2.75) is 52.0 Å². The van der Waals surface area contributed by atoms with Crippen LogP contribution in [0.3, 0.4) is 0 Å². The first-order valence-electron chi connectivity index (χ1n) is 13.1. The van der Waals surface area contributed by atoms with Crippen molar-refractivity contribution in [2.75, 3.05) is 19.7 Å². The summed E-state index contributed by atoms with van der Waals surface area (Å²) < 4.78 is 28.0. The molecule has 6 nitrogen and oxygen atoms in total. The molecule has 1 saturated heterocycles. The van der Waals surface area contributed by atoms with Gasteiger partial charge in [-0.15, -0.1) is 11.3 Å². The Labute approximate surface area is 230 Å². The van der Waals surface area contributed by atoms with Gasteiger partial charge >= 0.3 is 0 Å². The van der Waals surface area contributed by atoms with Gasteiger partial charge in [-0.3, -0.25) is 4.90 Å². The van der Waals surface area contributed by atoms with Crippen LogP contribution >= 0.6 is 22.9 Å². The van der Waals surface area contributed by atoms with Crippen LogP contribution in [0.4, 0.5) is 4.39 Å². The average Bonchev–Trinajstić information content (AvgIpc) is 3.44. The topological polar surface area (TPSA) is 52.4 Å². The van der Waals surface area contributed by atoms with E-state index in [4.69, 9.17) is 26.1 Å². The third kappa shape index (κ3) is 5.50. The molecule has 1 aromatic carbocycles. The molecule has 2 aliphatic heterocycles. The van der Waals surface area contributed by atoms with Crippen molar-refractivity contribution < 1.29 is 13.9 Å². The van der Waals surface area contributed by atoms with Crippen molar-refractivity contribution in [3.63, 3.8) is 0 Å². The summed E-state index contributed by atoms with van der Waals surface area (Å²) in [5.74, 6) is 1.21. The second-order valence-electron chi connectivity index (χ2n) is 9.78. The largest absolute Gasteiger partial charge is 0.473 e. The highest BCUT2D eigenvalue weighted by Gasteiger charge is 2.24. The maximum Gasteiger partial charge on any atom is 0.214 e. The van der Waals surface area contributed by atoms with Crippen LogP contribution in [0, 0.1) is 5.82 Å².